The number of aliphatic carboxylic acids is 1. The van der Waals surface area contributed by atoms with Crippen LogP contribution in [0.1, 0.15) is 23.4 Å². The molecule has 0 bridgehead atoms. The van der Waals surface area contributed by atoms with Crippen LogP contribution in [0.15, 0.2) is 0 Å². The summed E-state index contributed by atoms with van der Waals surface area (Å²) >= 11 is 0. The fraction of sp³-hybridized carbons (Fsp3) is 0.455. The summed E-state index contributed by atoms with van der Waals surface area (Å²) in [4.78, 5) is 33.3. The SMILES string of the molecule is Cc1n[nH]c(C)c1CC(=O)N[C@@H](CC(N)=O)C(=O)O. The van der Waals surface area contributed by atoms with Gasteiger partial charge in [0.05, 0.1) is 18.5 Å². The van der Waals surface area contributed by atoms with Crippen LogP contribution in [0.25, 0.3) is 0 Å². The van der Waals surface area contributed by atoms with Gasteiger partial charge in [0.1, 0.15) is 6.04 Å². The van der Waals surface area contributed by atoms with E-state index in [1.807, 2.05) is 0 Å². The molecule has 1 rings (SSSR count). The van der Waals surface area contributed by atoms with Crippen molar-refractivity contribution in [3.63, 3.8) is 0 Å². The summed E-state index contributed by atoms with van der Waals surface area (Å²) in [5, 5.41) is 17.8. The molecular formula is C11H16N4O4. The first-order valence-electron chi connectivity index (χ1n) is 5.62. The number of aromatic nitrogens is 2. The van der Waals surface area contributed by atoms with Crippen LogP contribution in [-0.4, -0.2) is 39.1 Å². The summed E-state index contributed by atoms with van der Waals surface area (Å²) in [5.74, 6) is -2.59. The number of amides is 2. The molecule has 1 aromatic heterocycles. The Kier molecular flexibility index (Phi) is 4.62. The molecule has 0 fully saturated rings. The number of rotatable bonds is 6. The fourth-order valence-electron chi connectivity index (χ4n) is 1.64. The van der Waals surface area contributed by atoms with Crippen LogP contribution in [0.3, 0.4) is 0 Å². The maximum atomic E-state index is 11.7. The molecule has 0 aliphatic carbocycles. The highest BCUT2D eigenvalue weighted by molar-refractivity contribution is 5.88. The number of hydrogen-bond acceptors (Lipinski definition) is 4. The molecule has 1 heterocycles. The number of H-pyrrole nitrogens is 1. The van der Waals surface area contributed by atoms with E-state index in [-0.39, 0.29) is 6.42 Å². The number of nitrogens with zero attached hydrogens (tertiary/aromatic N) is 1. The van der Waals surface area contributed by atoms with Crippen LogP contribution in [0.4, 0.5) is 0 Å². The zero-order valence-electron chi connectivity index (χ0n) is 10.7. The first kappa shape index (κ1) is 14.7. The second-order valence-electron chi connectivity index (χ2n) is 4.22. The normalized spacial score (nSPS) is 11.9. The van der Waals surface area contributed by atoms with E-state index in [1.165, 1.54) is 0 Å². The maximum absolute atomic E-state index is 11.7. The zero-order chi connectivity index (χ0) is 14.6. The molecule has 0 spiro atoms. The van der Waals surface area contributed by atoms with E-state index in [9.17, 15) is 14.4 Å². The Labute approximate surface area is 109 Å². The molecule has 104 valence electrons. The Morgan fingerprint density at radius 1 is 1.42 bits per heavy atom. The third-order valence-electron chi connectivity index (χ3n) is 2.66. The summed E-state index contributed by atoms with van der Waals surface area (Å²) < 4.78 is 0. The van der Waals surface area contributed by atoms with Crippen molar-refractivity contribution >= 4 is 17.8 Å². The largest absolute Gasteiger partial charge is 0.480 e. The predicted molar refractivity (Wildman–Crippen MR) is 65.1 cm³/mol. The minimum absolute atomic E-state index is 0.00327. The lowest BCUT2D eigenvalue weighted by molar-refractivity contribution is -0.143. The van der Waals surface area contributed by atoms with Crippen molar-refractivity contribution in [1.82, 2.24) is 15.5 Å². The van der Waals surface area contributed by atoms with Gasteiger partial charge in [-0.2, -0.15) is 5.10 Å². The van der Waals surface area contributed by atoms with E-state index in [0.717, 1.165) is 5.69 Å². The first-order chi connectivity index (χ1) is 8.81. The van der Waals surface area contributed by atoms with Crippen molar-refractivity contribution in [1.29, 1.82) is 0 Å². The van der Waals surface area contributed by atoms with Gasteiger partial charge >= 0.3 is 5.97 Å². The Morgan fingerprint density at radius 2 is 2.05 bits per heavy atom. The fourth-order valence-corrected chi connectivity index (χ4v) is 1.64. The smallest absolute Gasteiger partial charge is 0.326 e. The Hall–Kier alpha value is -2.38. The highest BCUT2D eigenvalue weighted by Gasteiger charge is 2.23. The van der Waals surface area contributed by atoms with Crippen molar-refractivity contribution in [2.24, 2.45) is 5.73 Å². The summed E-state index contributed by atoms with van der Waals surface area (Å²) in [7, 11) is 0. The molecule has 0 saturated heterocycles. The average Bonchev–Trinajstić information content (AvgIpc) is 2.59. The second kappa shape index (κ2) is 5.98. The monoisotopic (exact) mass is 268 g/mol. The number of carbonyl (C=O) groups excluding carboxylic acids is 2. The molecule has 0 radical (unpaired) electrons. The molecule has 5 N–H and O–H groups in total. The van der Waals surface area contributed by atoms with Gasteiger partial charge in [-0.3, -0.25) is 14.7 Å². The summed E-state index contributed by atoms with van der Waals surface area (Å²) in [5.41, 5.74) is 7.05. The van der Waals surface area contributed by atoms with Gasteiger partial charge in [-0.05, 0) is 13.8 Å². The van der Waals surface area contributed by atoms with Gasteiger partial charge in [0.25, 0.3) is 0 Å². The molecule has 0 unspecified atom stereocenters. The van der Waals surface area contributed by atoms with Crippen molar-refractivity contribution in [3.8, 4) is 0 Å². The number of nitrogens with two attached hydrogens (primary N) is 1. The number of nitrogens with one attached hydrogen (secondary N) is 2. The molecule has 19 heavy (non-hydrogen) atoms. The average molecular weight is 268 g/mol. The molecule has 1 aromatic rings. The number of primary amides is 1. The highest BCUT2D eigenvalue weighted by atomic mass is 16.4. The number of carbonyl (C=O) groups is 3. The van der Waals surface area contributed by atoms with Crippen LogP contribution in [0.2, 0.25) is 0 Å². The van der Waals surface area contributed by atoms with Crippen molar-refractivity contribution in [2.45, 2.75) is 32.7 Å². The molecule has 2 amide bonds. The van der Waals surface area contributed by atoms with E-state index in [1.54, 1.807) is 13.8 Å². The predicted octanol–water partition coefficient (Wildman–Crippen LogP) is -0.986. The molecule has 1 atom stereocenters. The van der Waals surface area contributed by atoms with Crippen molar-refractivity contribution in [2.75, 3.05) is 0 Å². The number of carboxylic acids is 1. The molecule has 8 nitrogen and oxygen atoms in total. The quantitative estimate of drug-likeness (QED) is 0.525. The Balaban J connectivity index is 2.68. The van der Waals surface area contributed by atoms with E-state index < -0.39 is 30.2 Å². The van der Waals surface area contributed by atoms with Gasteiger partial charge in [-0.25, -0.2) is 4.79 Å². The van der Waals surface area contributed by atoms with Crippen LogP contribution in [0, 0.1) is 13.8 Å². The van der Waals surface area contributed by atoms with Gasteiger partial charge in [0.15, 0.2) is 0 Å². The topological polar surface area (TPSA) is 138 Å². The third kappa shape index (κ3) is 4.09. The lowest BCUT2D eigenvalue weighted by atomic mass is 10.1. The Bertz CT molecular complexity index is 489. The second-order valence-corrected chi connectivity index (χ2v) is 4.22. The molecule has 0 aliphatic rings. The van der Waals surface area contributed by atoms with E-state index in [4.69, 9.17) is 10.8 Å². The van der Waals surface area contributed by atoms with Crippen LogP contribution in [-0.2, 0) is 20.8 Å². The Morgan fingerprint density at radius 3 is 2.47 bits per heavy atom. The summed E-state index contributed by atoms with van der Waals surface area (Å²) in [6.07, 6.45) is -0.443. The first-order valence-corrected chi connectivity index (χ1v) is 5.62. The summed E-state index contributed by atoms with van der Waals surface area (Å²) in [6.45, 7) is 3.50. The van der Waals surface area contributed by atoms with E-state index >= 15 is 0 Å². The highest BCUT2D eigenvalue weighted by Crippen LogP contribution is 2.10. The number of hydrogen-bond donors (Lipinski definition) is 4. The lowest BCUT2D eigenvalue weighted by Gasteiger charge is -2.12. The van der Waals surface area contributed by atoms with E-state index in [2.05, 4.69) is 15.5 Å². The van der Waals surface area contributed by atoms with Crippen molar-refractivity contribution < 1.29 is 19.5 Å². The minimum Gasteiger partial charge on any atom is -0.480 e. The molecule has 0 aliphatic heterocycles. The van der Waals surface area contributed by atoms with Gasteiger partial charge in [-0.15, -0.1) is 0 Å². The lowest BCUT2D eigenvalue weighted by Crippen LogP contribution is -2.44. The molecule has 8 heteroatoms. The van der Waals surface area contributed by atoms with E-state index in [0.29, 0.717) is 11.3 Å². The van der Waals surface area contributed by atoms with Crippen molar-refractivity contribution in [3.05, 3.63) is 17.0 Å². The molecular weight excluding hydrogens is 252 g/mol. The third-order valence-corrected chi connectivity index (χ3v) is 2.66. The van der Waals surface area contributed by atoms with Crippen LogP contribution < -0.4 is 11.1 Å². The molecule has 0 aromatic carbocycles. The maximum Gasteiger partial charge on any atom is 0.326 e. The van der Waals surface area contributed by atoms with Gasteiger partial charge in [0.2, 0.25) is 11.8 Å². The summed E-state index contributed by atoms with van der Waals surface area (Å²) in [6, 6.07) is -1.31. The minimum atomic E-state index is -1.31. The number of carboxylic acid groups (broad SMARTS) is 1. The van der Waals surface area contributed by atoms with Crippen LogP contribution >= 0.6 is 0 Å². The van der Waals surface area contributed by atoms with Gasteiger partial charge in [-0.1, -0.05) is 0 Å². The number of aromatic amines is 1. The van der Waals surface area contributed by atoms with Crippen LogP contribution in [0.5, 0.6) is 0 Å². The molecule has 0 saturated carbocycles. The zero-order valence-corrected chi connectivity index (χ0v) is 10.7. The standard InChI is InChI=1S/C11H16N4O4/c1-5-7(6(2)15-14-5)3-10(17)13-8(11(18)19)4-9(12)16/h8H,3-4H2,1-2H3,(H2,12,16)(H,13,17)(H,14,15)(H,18,19)/t8-/m0/s1. The number of aryl methyl sites for hydroxylation is 2. The van der Waals surface area contributed by atoms with Gasteiger partial charge in [0, 0.05) is 11.3 Å². The van der Waals surface area contributed by atoms with Gasteiger partial charge < -0.3 is 16.2 Å².